The van der Waals surface area contributed by atoms with Gasteiger partial charge in [-0.25, -0.2) is 8.42 Å². The molecule has 1 aliphatic heterocycles. The predicted octanol–water partition coefficient (Wildman–Crippen LogP) is 1.69. The Morgan fingerprint density at radius 3 is 2.86 bits per heavy atom. The van der Waals surface area contributed by atoms with E-state index in [1.165, 1.54) is 6.07 Å². The molecule has 14 heavy (non-hydrogen) atoms. The molecule has 0 aromatic heterocycles. The molecule has 0 amide bonds. The largest absolute Gasteiger partial charge is 0.376 e. The average molecular weight is 233 g/mol. The Balaban J connectivity index is 2.62. The van der Waals surface area contributed by atoms with Gasteiger partial charge in [0.15, 0.2) is 0 Å². The quantitative estimate of drug-likeness (QED) is 0.692. The van der Waals surface area contributed by atoms with Gasteiger partial charge in [-0.3, -0.25) is 0 Å². The van der Waals surface area contributed by atoms with Crippen LogP contribution in [0.3, 0.4) is 0 Å². The lowest BCUT2D eigenvalue weighted by Crippen LogP contribution is -2.13. The molecule has 0 aliphatic carbocycles. The highest BCUT2D eigenvalue weighted by atomic mass is 35.7. The number of halogens is 1. The van der Waals surface area contributed by atoms with Crippen LogP contribution in [0.5, 0.6) is 0 Å². The first-order valence-electron chi connectivity index (χ1n) is 4.22. The molecule has 0 saturated carbocycles. The van der Waals surface area contributed by atoms with Crippen LogP contribution in [-0.2, 0) is 26.8 Å². The first-order chi connectivity index (χ1) is 6.59. The van der Waals surface area contributed by atoms with Crippen molar-refractivity contribution in [2.75, 3.05) is 6.61 Å². The number of rotatable bonds is 1. The van der Waals surface area contributed by atoms with Crippen LogP contribution in [0.4, 0.5) is 0 Å². The van der Waals surface area contributed by atoms with E-state index in [2.05, 4.69) is 0 Å². The molecule has 5 heteroatoms. The molecular formula is C9H9ClO3S. The summed E-state index contributed by atoms with van der Waals surface area (Å²) in [5.74, 6) is 0. The van der Waals surface area contributed by atoms with Crippen LogP contribution >= 0.6 is 10.7 Å². The fourth-order valence-corrected chi connectivity index (χ4v) is 2.82. The first kappa shape index (κ1) is 9.96. The monoisotopic (exact) mass is 232 g/mol. The third kappa shape index (κ3) is 1.78. The minimum absolute atomic E-state index is 0.222. The summed E-state index contributed by atoms with van der Waals surface area (Å²) in [6.45, 7) is 1.02. The highest BCUT2D eigenvalue weighted by molar-refractivity contribution is 8.13. The van der Waals surface area contributed by atoms with E-state index in [-0.39, 0.29) is 4.90 Å². The standard InChI is InChI=1S/C9H9ClO3S/c10-14(11,12)9-3-1-2-7-6-13-5-4-8(7)9/h1-3H,4-6H2. The maximum Gasteiger partial charge on any atom is 0.261 e. The van der Waals surface area contributed by atoms with Crippen LogP contribution in [0.25, 0.3) is 0 Å². The highest BCUT2D eigenvalue weighted by Gasteiger charge is 2.20. The third-order valence-corrected chi connectivity index (χ3v) is 3.65. The summed E-state index contributed by atoms with van der Waals surface area (Å²) in [5.41, 5.74) is 1.71. The molecule has 3 nitrogen and oxygen atoms in total. The Morgan fingerprint density at radius 2 is 2.14 bits per heavy atom. The van der Waals surface area contributed by atoms with Gasteiger partial charge in [0.25, 0.3) is 9.05 Å². The molecule has 0 fully saturated rings. The van der Waals surface area contributed by atoms with Gasteiger partial charge in [-0.05, 0) is 23.6 Å². The minimum atomic E-state index is -3.63. The van der Waals surface area contributed by atoms with E-state index in [9.17, 15) is 8.42 Å². The maximum atomic E-state index is 11.2. The van der Waals surface area contributed by atoms with Crippen LogP contribution in [0.15, 0.2) is 23.1 Å². The SMILES string of the molecule is O=S(=O)(Cl)c1cccc2c1CCOC2. The Kier molecular flexibility index (Phi) is 2.51. The van der Waals surface area contributed by atoms with Gasteiger partial charge in [0.1, 0.15) is 0 Å². The summed E-state index contributed by atoms with van der Waals surface area (Å²) >= 11 is 0. The predicted molar refractivity (Wildman–Crippen MR) is 52.8 cm³/mol. The van der Waals surface area contributed by atoms with Crippen molar-refractivity contribution in [3.05, 3.63) is 29.3 Å². The Hall–Kier alpha value is -0.580. The van der Waals surface area contributed by atoms with E-state index >= 15 is 0 Å². The van der Waals surface area contributed by atoms with Crippen molar-refractivity contribution in [3.8, 4) is 0 Å². The summed E-state index contributed by atoms with van der Waals surface area (Å²) in [6, 6.07) is 5.08. The average Bonchev–Trinajstić information content (AvgIpc) is 2.15. The van der Waals surface area contributed by atoms with Gasteiger partial charge < -0.3 is 4.74 Å². The fraction of sp³-hybridized carbons (Fsp3) is 0.333. The molecule has 1 heterocycles. The van der Waals surface area contributed by atoms with Crippen LogP contribution in [-0.4, -0.2) is 15.0 Å². The fourth-order valence-electron chi connectivity index (χ4n) is 1.61. The van der Waals surface area contributed by atoms with E-state index in [0.717, 1.165) is 11.1 Å². The van der Waals surface area contributed by atoms with Crippen LogP contribution < -0.4 is 0 Å². The maximum absolute atomic E-state index is 11.2. The van der Waals surface area contributed by atoms with Gasteiger partial charge in [-0.1, -0.05) is 12.1 Å². The van der Waals surface area contributed by atoms with Crippen LogP contribution in [0, 0.1) is 0 Å². The molecule has 1 aromatic carbocycles. The molecule has 0 atom stereocenters. The van der Waals surface area contributed by atoms with Crippen molar-refractivity contribution < 1.29 is 13.2 Å². The van der Waals surface area contributed by atoms with Crippen molar-refractivity contribution in [3.63, 3.8) is 0 Å². The summed E-state index contributed by atoms with van der Waals surface area (Å²) < 4.78 is 27.7. The van der Waals surface area contributed by atoms with E-state index < -0.39 is 9.05 Å². The molecule has 0 spiro atoms. The second-order valence-electron chi connectivity index (χ2n) is 3.13. The summed E-state index contributed by atoms with van der Waals surface area (Å²) in [4.78, 5) is 0.222. The van der Waals surface area contributed by atoms with E-state index in [1.54, 1.807) is 6.07 Å². The molecule has 0 unspecified atom stereocenters. The number of fused-ring (bicyclic) bond motifs is 1. The van der Waals surface area contributed by atoms with Crippen LogP contribution in [0.1, 0.15) is 11.1 Å². The number of benzene rings is 1. The molecule has 0 bridgehead atoms. The molecule has 1 aromatic rings. The zero-order valence-corrected chi connectivity index (χ0v) is 8.94. The normalized spacial score (nSPS) is 16.4. The van der Waals surface area contributed by atoms with Crippen molar-refractivity contribution in [2.24, 2.45) is 0 Å². The van der Waals surface area contributed by atoms with Crippen molar-refractivity contribution in [2.45, 2.75) is 17.9 Å². The van der Waals surface area contributed by atoms with Crippen molar-refractivity contribution >= 4 is 19.7 Å². The summed E-state index contributed by atoms with van der Waals surface area (Å²) in [5, 5.41) is 0. The lowest BCUT2D eigenvalue weighted by Gasteiger charge is -2.18. The van der Waals surface area contributed by atoms with E-state index in [4.69, 9.17) is 15.4 Å². The Morgan fingerprint density at radius 1 is 1.36 bits per heavy atom. The van der Waals surface area contributed by atoms with Gasteiger partial charge in [0.05, 0.1) is 18.1 Å². The van der Waals surface area contributed by atoms with Crippen molar-refractivity contribution in [1.82, 2.24) is 0 Å². The zero-order valence-electron chi connectivity index (χ0n) is 7.36. The smallest absolute Gasteiger partial charge is 0.261 e. The number of hydrogen-bond acceptors (Lipinski definition) is 3. The Bertz CT molecular complexity index is 453. The third-order valence-electron chi connectivity index (χ3n) is 2.25. The molecule has 76 valence electrons. The molecule has 0 radical (unpaired) electrons. The highest BCUT2D eigenvalue weighted by Crippen LogP contribution is 2.26. The van der Waals surface area contributed by atoms with E-state index in [1.807, 2.05) is 6.07 Å². The lowest BCUT2D eigenvalue weighted by molar-refractivity contribution is 0.110. The van der Waals surface area contributed by atoms with Gasteiger partial charge >= 0.3 is 0 Å². The van der Waals surface area contributed by atoms with Gasteiger partial charge in [-0.15, -0.1) is 0 Å². The molecular weight excluding hydrogens is 224 g/mol. The lowest BCUT2D eigenvalue weighted by atomic mass is 10.0. The summed E-state index contributed by atoms with van der Waals surface area (Å²) in [7, 11) is 1.70. The van der Waals surface area contributed by atoms with E-state index in [0.29, 0.717) is 19.6 Å². The molecule has 0 N–H and O–H groups in total. The van der Waals surface area contributed by atoms with Crippen molar-refractivity contribution in [1.29, 1.82) is 0 Å². The van der Waals surface area contributed by atoms with Gasteiger partial charge in [0.2, 0.25) is 0 Å². The topological polar surface area (TPSA) is 43.4 Å². The first-order valence-corrected chi connectivity index (χ1v) is 6.53. The molecule has 2 rings (SSSR count). The molecule has 0 saturated heterocycles. The molecule has 1 aliphatic rings. The Labute approximate surface area is 87.1 Å². The zero-order chi connectivity index (χ0) is 10.2. The van der Waals surface area contributed by atoms with Gasteiger partial charge in [0, 0.05) is 10.7 Å². The number of hydrogen-bond donors (Lipinski definition) is 0. The second-order valence-corrected chi connectivity index (χ2v) is 5.67. The second kappa shape index (κ2) is 3.53. The summed E-state index contributed by atoms with van der Waals surface area (Å²) in [6.07, 6.45) is 0.609. The number of ether oxygens (including phenoxy) is 1. The van der Waals surface area contributed by atoms with Gasteiger partial charge in [-0.2, -0.15) is 0 Å². The van der Waals surface area contributed by atoms with Crippen LogP contribution in [0.2, 0.25) is 0 Å². The minimum Gasteiger partial charge on any atom is -0.376 e.